The van der Waals surface area contributed by atoms with Crippen molar-refractivity contribution in [2.24, 2.45) is 0 Å². The molecule has 19 heavy (non-hydrogen) atoms. The van der Waals surface area contributed by atoms with Crippen molar-refractivity contribution in [3.63, 3.8) is 0 Å². The van der Waals surface area contributed by atoms with E-state index in [1.54, 1.807) is 10.8 Å². The number of aromatic nitrogens is 3. The zero-order valence-corrected chi connectivity index (χ0v) is 10.8. The molecule has 0 aliphatic carbocycles. The Morgan fingerprint density at radius 2 is 2.11 bits per heavy atom. The minimum atomic E-state index is -1.22. The van der Waals surface area contributed by atoms with E-state index in [9.17, 15) is 9.59 Å². The predicted octanol–water partition coefficient (Wildman–Crippen LogP) is 1.37. The monoisotopic (exact) mass is 261 g/mol. The summed E-state index contributed by atoms with van der Waals surface area (Å²) in [5.41, 5.74) is 0.0935. The Morgan fingerprint density at radius 3 is 2.68 bits per heavy atom. The predicted molar refractivity (Wildman–Crippen MR) is 69.4 cm³/mol. The average molecular weight is 261 g/mol. The first-order chi connectivity index (χ1) is 8.97. The van der Waals surface area contributed by atoms with Gasteiger partial charge in [-0.05, 0) is 19.9 Å². The molecule has 1 N–H and O–H groups in total. The summed E-state index contributed by atoms with van der Waals surface area (Å²) < 4.78 is 3.47. The second-order valence-electron chi connectivity index (χ2n) is 4.58. The van der Waals surface area contributed by atoms with Crippen LogP contribution in [0.2, 0.25) is 0 Å². The highest BCUT2D eigenvalue weighted by Gasteiger charge is 2.09. The number of nitrogens with zero attached hydrogens (tertiary/aromatic N) is 3. The van der Waals surface area contributed by atoms with E-state index in [1.807, 2.05) is 30.8 Å². The van der Waals surface area contributed by atoms with Crippen LogP contribution in [-0.4, -0.2) is 25.4 Å². The van der Waals surface area contributed by atoms with Crippen LogP contribution in [0.25, 0.3) is 0 Å². The largest absolute Gasteiger partial charge is 0.477 e. The van der Waals surface area contributed by atoms with Crippen LogP contribution in [0.5, 0.6) is 0 Å². The molecule has 0 atom stereocenters. The summed E-state index contributed by atoms with van der Waals surface area (Å²) in [6.45, 7) is 4.48. The summed E-state index contributed by atoms with van der Waals surface area (Å²) in [4.78, 5) is 22.2. The van der Waals surface area contributed by atoms with Crippen molar-refractivity contribution in [2.75, 3.05) is 0 Å². The third kappa shape index (κ3) is 2.90. The maximum absolute atomic E-state index is 11.3. The van der Waals surface area contributed by atoms with Gasteiger partial charge >= 0.3 is 5.97 Å². The Labute approximate surface area is 109 Å². The number of pyridine rings is 1. The van der Waals surface area contributed by atoms with Crippen LogP contribution in [0, 0.1) is 0 Å². The van der Waals surface area contributed by atoms with Crippen molar-refractivity contribution in [1.29, 1.82) is 0 Å². The van der Waals surface area contributed by atoms with Gasteiger partial charge < -0.3 is 9.67 Å². The molecule has 2 rings (SSSR count). The molecule has 6 nitrogen and oxygen atoms in total. The zero-order chi connectivity index (χ0) is 14.0. The molecule has 0 radical (unpaired) electrons. The maximum Gasteiger partial charge on any atom is 0.341 e. The molecule has 0 bridgehead atoms. The molecule has 100 valence electrons. The van der Waals surface area contributed by atoms with Gasteiger partial charge in [0, 0.05) is 30.7 Å². The quantitative estimate of drug-likeness (QED) is 0.901. The minimum Gasteiger partial charge on any atom is -0.477 e. The highest BCUT2D eigenvalue weighted by Crippen LogP contribution is 2.06. The van der Waals surface area contributed by atoms with Gasteiger partial charge in [-0.3, -0.25) is 9.48 Å². The number of carboxylic acid groups (broad SMARTS) is 1. The summed E-state index contributed by atoms with van der Waals surface area (Å²) in [5.74, 6) is -1.22. The molecule has 0 saturated heterocycles. The highest BCUT2D eigenvalue weighted by atomic mass is 16.4. The van der Waals surface area contributed by atoms with Gasteiger partial charge in [0.1, 0.15) is 5.56 Å². The number of hydrogen-bond donors (Lipinski definition) is 1. The highest BCUT2D eigenvalue weighted by molar-refractivity contribution is 5.86. The molecule has 2 aromatic heterocycles. The van der Waals surface area contributed by atoms with Gasteiger partial charge in [0.2, 0.25) is 0 Å². The van der Waals surface area contributed by atoms with Crippen LogP contribution < -0.4 is 5.43 Å². The van der Waals surface area contributed by atoms with Gasteiger partial charge in [0.25, 0.3) is 0 Å². The normalized spacial score (nSPS) is 10.9. The fourth-order valence-electron chi connectivity index (χ4n) is 1.72. The SMILES string of the molecule is CC(C)n1ccc(Cn2ccc(=O)c(C(=O)O)c2)n1. The molecule has 6 heteroatoms. The summed E-state index contributed by atoms with van der Waals surface area (Å²) in [6.07, 6.45) is 4.77. The Morgan fingerprint density at radius 1 is 1.37 bits per heavy atom. The van der Waals surface area contributed by atoms with E-state index in [0.717, 1.165) is 5.69 Å². The number of carboxylic acids is 1. The van der Waals surface area contributed by atoms with E-state index in [0.29, 0.717) is 6.54 Å². The van der Waals surface area contributed by atoms with Gasteiger partial charge in [-0.25, -0.2) is 4.79 Å². The summed E-state index contributed by atoms with van der Waals surface area (Å²) in [7, 11) is 0. The first kappa shape index (κ1) is 13.1. The van der Waals surface area contributed by atoms with Crippen molar-refractivity contribution in [2.45, 2.75) is 26.4 Å². The van der Waals surface area contributed by atoms with Crippen LogP contribution in [0.1, 0.15) is 35.9 Å². The standard InChI is InChI=1S/C13H15N3O3/c1-9(2)16-6-3-10(14-16)7-15-5-4-12(17)11(8-15)13(18)19/h3-6,8-9H,7H2,1-2H3,(H,18,19). The number of carbonyl (C=O) groups is 1. The summed E-state index contributed by atoms with van der Waals surface area (Å²) in [5, 5.41) is 13.3. The van der Waals surface area contributed by atoms with E-state index in [-0.39, 0.29) is 11.6 Å². The van der Waals surface area contributed by atoms with Crippen LogP contribution in [-0.2, 0) is 6.54 Å². The van der Waals surface area contributed by atoms with E-state index in [1.165, 1.54) is 12.3 Å². The minimum absolute atomic E-state index is 0.231. The Balaban J connectivity index is 2.25. The molecule has 0 spiro atoms. The Kier molecular flexibility index (Phi) is 3.50. The number of hydrogen-bond acceptors (Lipinski definition) is 3. The molecule has 0 aliphatic rings. The van der Waals surface area contributed by atoms with Gasteiger partial charge in [0.05, 0.1) is 12.2 Å². The first-order valence-electron chi connectivity index (χ1n) is 5.95. The average Bonchev–Trinajstić information content (AvgIpc) is 2.80. The molecule has 0 amide bonds. The van der Waals surface area contributed by atoms with Crippen LogP contribution in [0.4, 0.5) is 0 Å². The number of aromatic carboxylic acids is 1. The zero-order valence-electron chi connectivity index (χ0n) is 10.8. The van der Waals surface area contributed by atoms with E-state index in [2.05, 4.69) is 5.10 Å². The fourth-order valence-corrected chi connectivity index (χ4v) is 1.72. The van der Waals surface area contributed by atoms with E-state index < -0.39 is 11.4 Å². The molecular formula is C13H15N3O3. The van der Waals surface area contributed by atoms with Crippen LogP contribution >= 0.6 is 0 Å². The molecule has 2 heterocycles. The first-order valence-corrected chi connectivity index (χ1v) is 5.95. The lowest BCUT2D eigenvalue weighted by atomic mass is 10.2. The van der Waals surface area contributed by atoms with Crippen molar-refractivity contribution in [3.8, 4) is 0 Å². The van der Waals surface area contributed by atoms with Gasteiger partial charge in [0.15, 0.2) is 5.43 Å². The van der Waals surface area contributed by atoms with Gasteiger partial charge in [-0.2, -0.15) is 5.10 Å². The second-order valence-corrected chi connectivity index (χ2v) is 4.58. The molecule has 0 aromatic carbocycles. The topological polar surface area (TPSA) is 77.1 Å². The van der Waals surface area contributed by atoms with Crippen LogP contribution in [0.15, 0.2) is 35.5 Å². The molecule has 2 aromatic rings. The second kappa shape index (κ2) is 5.09. The summed E-state index contributed by atoms with van der Waals surface area (Å²) >= 11 is 0. The van der Waals surface area contributed by atoms with Crippen molar-refractivity contribution >= 4 is 5.97 Å². The lowest BCUT2D eigenvalue weighted by molar-refractivity contribution is 0.0694. The van der Waals surface area contributed by atoms with Gasteiger partial charge in [-0.1, -0.05) is 0 Å². The molecule has 0 aliphatic heterocycles. The number of rotatable bonds is 4. The molecule has 0 saturated carbocycles. The maximum atomic E-state index is 11.3. The van der Waals surface area contributed by atoms with E-state index >= 15 is 0 Å². The van der Waals surface area contributed by atoms with Crippen molar-refractivity contribution in [1.82, 2.24) is 14.3 Å². The smallest absolute Gasteiger partial charge is 0.341 e. The molecule has 0 fully saturated rings. The lowest BCUT2D eigenvalue weighted by Gasteiger charge is -2.06. The Hall–Kier alpha value is -2.37. The molecule has 0 unspecified atom stereocenters. The Bertz CT molecular complexity index is 655. The van der Waals surface area contributed by atoms with Crippen molar-refractivity contribution in [3.05, 3.63) is 52.2 Å². The lowest BCUT2D eigenvalue weighted by Crippen LogP contribution is -2.17. The molecular weight excluding hydrogens is 246 g/mol. The fraction of sp³-hybridized carbons (Fsp3) is 0.308. The van der Waals surface area contributed by atoms with Crippen LogP contribution in [0.3, 0.4) is 0 Å². The third-order valence-electron chi connectivity index (χ3n) is 2.75. The summed E-state index contributed by atoms with van der Waals surface area (Å²) in [6, 6.07) is 3.40. The van der Waals surface area contributed by atoms with E-state index in [4.69, 9.17) is 5.11 Å². The van der Waals surface area contributed by atoms with Crippen molar-refractivity contribution < 1.29 is 9.90 Å². The third-order valence-corrected chi connectivity index (χ3v) is 2.75. The van der Waals surface area contributed by atoms with Gasteiger partial charge in [-0.15, -0.1) is 0 Å².